The third kappa shape index (κ3) is 3.67. The molecule has 5 nitrogen and oxygen atoms in total. The fraction of sp³-hybridized carbons (Fsp3) is 0.273. The highest BCUT2D eigenvalue weighted by Crippen LogP contribution is 2.26. The molecule has 0 aliphatic heterocycles. The molecular formula is C11H13NO4S. The van der Waals surface area contributed by atoms with Crippen molar-refractivity contribution in [2.24, 2.45) is 0 Å². The Morgan fingerprint density at radius 2 is 2.00 bits per heavy atom. The number of esters is 2. The van der Waals surface area contributed by atoms with Crippen LogP contribution >= 0.6 is 11.8 Å². The van der Waals surface area contributed by atoms with Gasteiger partial charge in [-0.2, -0.15) is 0 Å². The fourth-order valence-corrected chi connectivity index (χ4v) is 1.94. The van der Waals surface area contributed by atoms with Crippen molar-refractivity contribution in [3.63, 3.8) is 0 Å². The van der Waals surface area contributed by atoms with E-state index >= 15 is 0 Å². The van der Waals surface area contributed by atoms with Crippen LogP contribution in [-0.4, -0.2) is 31.9 Å². The van der Waals surface area contributed by atoms with Gasteiger partial charge in [-0.3, -0.25) is 4.79 Å². The average Bonchev–Trinajstić information content (AvgIpc) is 2.36. The number of carbonyl (C=O) groups excluding carboxylic acids is 2. The van der Waals surface area contributed by atoms with Gasteiger partial charge in [-0.15, -0.1) is 11.8 Å². The van der Waals surface area contributed by atoms with E-state index in [0.29, 0.717) is 16.1 Å². The Hall–Kier alpha value is -1.69. The quantitative estimate of drug-likeness (QED) is 0.496. The maximum Gasteiger partial charge on any atom is 0.337 e. The zero-order valence-electron chi connectivity index (χ0n) is 9.56. The summed E-state index contributed by atoms with van der Waals surface area (Å²) in [4.78, 5) is 23.0. The standard InChI is InChI=1S/C11H13NO4S/c1-15-10(13)6-17-9-5-7(11(14)16-2)3-4-8(9)12/h3-5H,6,12H2,1-2H3. The Balaban J connectivity index is 2.83. The number of carbonyl (C=O) groups is 2. The van der Waals surface area contributed by atoms with Crippen LogP contribution in [0, 0.1) is 0 Å². The zero-order chi connectivity index (χ0) is 12.8. The Kier molecular flexibility index (Phi) is 4.84. The van der Waals surface area contributed by atoms with Gasteiger partial charge in [0.2, 0.25) is 0 Å². The van der Waals surface area contributed by atoms with Gasteiger partial charge < -0.3 is 15.2 Å². The van der Waals surface area contributed by atoms with Crippen molar-refractivity contribution in [3.05, 3.63) is 23.8 Å². The van der Waals surface area contributed by atoms with Gasteiger partial charge in [0.05, 0.1) is 25.5 Å². The van der Waals surface area contributed by atoms with E-state index in [-0.39, 0.29) is 11.7 Å². The molecule has 0 saturated heterocycles. The Bertz CT molecular complexity index is 433. The van der Waals surface area contributed by atoms with Gasteiger partial charge in [0, 0.05) is 10.6 Å². The Morgan fingerprint density at radius 3 is 2.59 bits per heavy atom. The summed E-state index contributed by atoms with van der Waals surface area (Å²) >= 11 is 1.21. The molecule has 1 aromatic rings. The van der Waals surface area contributed by atoms with Crippen LogP contribution < -0.4 is 5.73 Å². The molecule has 2 N–H and O–H groups in total. The molecule has 0 spiro atoms. The van der Waals surface area contributed by atoms with E-state index in [0.717, 1.165) is 0 Å². The summed E-state index contributed by atoms with van der Waals surface area (Å²) < 4.78 is 9.12. The highest BCUT2D eigenvalue weighted by atomic mass is 32.2. The van der Waals surface area contributed by atoms with E-state index in [4.69, 9.17) is 5.73 Å². The van der Waals surface area contributed by atoms with E-state index in [2.05, 4.69) is 9.47 Å². The molecule has 0 aliphatic carbocycles. The van der Waals surface area contributed by atoms with Gasteiger partial charge in [-0.05, 0) is 18.2 Å². The lowest BCUT2D eigenvalue weighted by Crippen LogP contribution is -2.05. The Labute approximate surface area is 103 Å². The summed E-state index contributed by atoms with van der Waals surface area (Å²) in [7, 11) is 2.62. The van der Waals surface area contributed by atoms with Crippen LogP contribution in [0.4, 0.5) is 5.69 Å². The van der Waals surface area contributed by atoms with Crippen molar-refractivity contribution >= 4 is 29.4 Å². The third-order valence-electron chi connectivity index (χ3n) is 2.01. The van der Waals surface area contributed by atoms with Crippen molar-refractivity contribution < 1.29 is 19.1 Å². The predicted octanol–water partition coefficient (Wildman–Crippen LogP) is 1.32. The number of hydrogen-bond acceptors (Lipinski definition) is 6. The summed E-state index contributed by atoms with van der Waals surface area (Å²) in [5.74, 6) is -0.645. The van der Waals surface area contributed by atoms with Crippen LogP contribution in [0.1, 0.15) is 10.4 Å². The second-order valence-electron chi connectivity index (χ2n) is 3.11. The minimum Gasteiger partial charge on any atom is -0.468 e. The zero-order valence-corrected chi connectivity index (χ0v) is 10.4. The summed E-state index contributed by atoms with van der Waals surface area (Å²) in [5, 5.41) is 0. The number of ether oxygens (including phenoxy) is 2. The first-order chi connectivity index (χ1) is 8.08. The molecule has 92 valence electrons. The molecule has 6 heteroatoms. The number of hydrogen-bond donors (Lipinski definition) is 1. The van der Waals surface area contributed by atoms with Gasteiger partial charge in [-0.1, -0.05) is 0 Å². The average molecular weight is 255 g/mol. The van der Waals surface area contributed by atoms with Crippen LogP contribution in [-0.2, 0) is 14.3 Å². The van der Waals surface area contributed by atoms with Crippen molar-refractivity contribution in [3.8, 4) is 0 Å². The first-order valence-corrected chi connectivity index (χ1v) is 5.74. The molecule has 0 aromatic heterocycles. The molecule has 0 bridgehead atoms. The Morgan fingerprint density at radius 1 is 1.29 bits per heavy atom. The largest absolute Gasteiger partial charge is 0.468 e. The normalized spacial score (nSPS) is 9.76. The van der Waals surface area contributed by atoms with E-state index in [1.165, 1.54) is 26.0 Å². The topological polar surface area (TPSA) is 78.6 Å². The summed E-state index contributed by atoms with van der Waals surface area (Å²) in [6, 6.07) is 4.77. The molecule has 0 heterocycles. The van der Waals surface area contributed by atoms with E-state index < -0.39 is 5.97 Å². The molecule has 1 aromatic carbocycles. The molecule has 0 unspecified atom stereocenters. The highest BCUT2D eigenvalue weighted by molar-refractivity contribution is 8.00. The molecule has 0 radical (unpaired) electrons. The van der Waals surface area contributed by atoms with Crippen LogP contribution in [0.5, 0.6) is 0 Å². The number of nitrogens with two attached hydrogens (primary N) is 1. The van der Waals surface area contributed by atoms with Crippen molar-refractivity contribution in [1.29, 1.82) is 0 Å². The van der Waals surface area contributed by atoms with Gasteiger partial charge in [0.15, 0.2) is 0 Å². The lowest BCUT2D eigenvalue weighted by molar-refractivity contribution is -0.137. The minimum absolute atomic E-state index is 0.144. The summed E-state index contributed by atoms with van der Waals surface area (Å²) in [5.41, 5.74) is 6.64. The van der Waals surface area contributed by atoms with Gasteiger partial charge >= 0.3 is 11.9 Å². The molecule has 1 rings (SSSR count). The second-order valence-corrected chi connectivity index (χ2v) is 4.13. The van der Waals surface area contributed by atoms with Gasteiger partial charge in [0.25, 0.3) is 0 Å². The lowest BCUT2D eigenvalue weighted by Gasteiger charge is -2.06. The number of benzene rings is 1. The van der Waals surface area contributed by atoms with Crippen LogP contribution in [0.25, 0.3) is 0 Å². The van der Waals surface area contributed by atoms with Crippen molar-refractivity contribution in [2.45, 2.75) is 4.90 Å². The number of nitrogen functional groups attached to an aromatic ring is 1. The summed E-state index contributed by atoms with van der Waals surface area (Å²) in [6.07, 6.45) is 0. The number of rotatable bonds is 4. The number of anilines is 1. The second kappa shape index (κ2) is 6.15. The molecule has 0 amide bonds. The molecular weight excluding hydrogens is 242 g/mol. The van der Waals surface area contributed by atoms with Crippen molar-refractivity contribution in [2.75, 3.05) is 25.7 Å². The molecule has 0 aliphatic rings. The lowest BCUT2D eigenvalue weighted by atomic mass is 10.2. The molecule has 0 saturated carbocycles. The number of methoxy groups -OCH3 is 2. The number of thioether (sulfide) groups is 1. The first kappa shape index (κ1) is 13.4. The smallest absolute Gasteiger partial charge is 0.337 e. The minimum atomic E-state index is -0.440. The maximum atomic E-state index is 11.3. The molecule has 0 atom stereocenters. The predicted molar refractivity (Wildman–Crippen MR) is 64.9 cm³/mol. The third-order valence-corrected chi connectivity index (χ3v) is 3.05. The summed E-state index contributed by atoms with van der Waals surface area (Å²) in [6.45, 7) is 0. The fourth-order valence-electron chi connectivity index (χ4n) is 1.10. The van der Waals surface area contributed by atoms with E-state index in [1.54, 1.807) is 18.2 Å². The van der Waals surface area contributed by atoms with Gasteiger partial charge in [-0.25, -0.2) is 4.79 Å². The first-order valence-electron chi connectivity index (χ1n) is 4.76. The molecule has 0 fully saturated rings. The van der Waals surface area contributed by atoms with Crippen LogP contribution in [0.3, 0.4) is 0 Å². The monoisotopic (exact) mass is 255 g/mol. The maximum absolute atomic E-state index is 11.3. The van der Waals surface area contributed by atoms with E-state index in [9.17, 15) is 9.59 Å². The van der Waals surface area contributed by atoms with Crippen molar-refractivity contribution in [1.82, 2.24) is 0 Å². The molecule has 17 heavy (non-hydrogen) atoms. The van der Waals surface area contributed by atoms with Crippen LogP contribution in [0.15, 0.2) is 23.1 Å². The SMILES string of the molecule is COC(=O)CSc1cc(C(=O)OC)ccc1N. The van der Waals surface area contributed by atoms with Crippen LogP contribution in [0.2, 0.25) is 0 Å². The highest BCUT2D eigenvalue weighted by Gasteiger charge is 2.10. The van der Waals surface area contributed by atoms with E-state index in [1.807, 2.05) is 0 Å². The van der Waals surface area contributed by atoms with Gasteiger partial charge in [0.1, 0.15) is 0 Å².